The van der Waals surface area contributed by atoms with Crippen molar-refractivity contribution < 1.29 is 4.42 Å². The van der Waals surface area contributed by atoms with Gasteiger partial charge >= 0.3 is 0 Å². The van der Waals surface area contributed by atoms with Crippen molar-refractivity contribution in [3.05, 3.63) is 224 Å². The lowest BCUT2D eigenvalue weighted by Crippen LogP contribution is -2.10. The third-order valence-corrected chi connectivity index (χ3v) is 12.0. The van der Waals surface area contributed by atoms with E-state index < -0.39 is 0 Å². The van der Waals surface area contributed by atoms with E-state index in [1.54, 1.807) is 0 Å². The first-order chi connectivity index (χ1) is 29.6. The Labute approximate surface area is 349 Å². The third kappa shape index (κ3) is 5.89. The van der Waals surface area contributed by atoms with E-state index in [2.05, 4.69) is 206 Å². The van der Waals surface area contributed by atoms with Crippen LogP contribution in [-0.4, -0.2) is 0 Å². The monoisotopic (exact) mass is 765 g/mol. The summed E-state index contributed by atoms with van der Waals surface area (Å²) in [6.07, 6.45) is 3.93. The van der Waals surface area contributed by atoms with Crippen LogP contribution >= 0.6 is 0 Å². The van der Waals surface area contributed by atoms with Gasteiger partial charge in [-0.1, -0.05) is 159 Å². The van der Waals surface area contributed by atoms with E-state index in [0.717, 1.165) is 88.5 Å². The molecular formula is C58H39NO. The maximum atomic E-state index is 6.35. The molecule has 2 nitrogen and oxygen atoms in total. The minimum absolute atomic E-state index is 0.870. The summed E-state index contributed by atoms with van der Waals surface area (Å²) >= 11 is 0. The van der Waals surface area contributed by atoms with Gasteiger partial charge in [-0.25, -0.2) is 0 Å². The van der Waals surface area contributed by atoms with Crippen LogP contribution < -0.4 is 4.90 Å². The lowest BCUT2D eigenvalue weighted by molar-refractivity contribution is 0.669. The fraction of sp³-hybridized carbons (Fsp3) is 0. The summed E-state index contributed by atoms with van der Waals surface area (Å²) in [7, 11) is 0. The van der Waals surface area contributed by atoms with E-state index in [9.17, 15) is 0 Å². The topological polar surface area (TPSA) is 16.4 Å². The Morgan fingerprint density at radius 2 is 0.933 bits per heavy atom. The zero-order valence-corrected chi connectivity index (χ0v) is 33.0. The number of hydrogen-bond donors (Lipinski definition) is 0. The molecule has 10 aromatic carbocycles. The van der Waals surface area contributed by atoms with Crippen molar-refractivity contribution >= 4 is 83.5 Å². The minimum Gasteiger partial charge on any atom is -0.456 e. The first kappa shape index (κ1) is 35.2. The summed E-state index contributed by atoms with van der Waals surface area (Å²) in [5, 5.41) is 9.24. The number of fused-ring (bicyclic) bond motifs is 8. The smallest absolute Gasteiger partial charge is 0.136 e. The third-order valence-electron chi connectivity index (χ3n) is 12.0. The van der Waals surface area contributed by atoms with Gasteiger partial charge in [0.2, 0.25) is 0 Å². The Balaban J connectivity index is 1.08. The number of benzene rings is 10. The van der Waals surface area contributed by atoms with Crippen molar-refractivity contribution in [3.63, 3.8) is 0 Å². The van der Waals surface area contributed by atoms with Crippen LogP contribution in [0.25, 0.3) is 99.8 Å². The van der Waals surface area contributed by atoms with E-state index in [4.69, 9.17) is 4.42 Å². The summed E-state index contributed by atoms with van der Waals surface area (Å²) in [6, 6.07) is 71.9. The molecule has 0 saturated heterocycles. The molecule has 60 heavy (non-hydrogen) atoms. The zero-order chi connectivity index (χ0) is 40.2. The molecule has 2 heteroatoms. The van der Waals surface area contributed by atoms with Crippen molar-refractivity contribution in [3.8, 4) is 33.4 Å². The SMILES string of the molecule is C=Cc1c(C=C)c2c(ccc3oc4ccccc4c32)c2cc(-c3ccc(N(c4cc(-c5ccccc5)cc(-c5ccccc5)c4)c4ccc5ccccc5c4)cc3)ccc12. The van der Waals surface area contributed by atoms with Gasteiger partial charge in [0.15, 0.2) is 0 Å². The van der Waals surface area contributed by atoms with Crippen molar-refractivity contribution in [2.24, 2.45) is 0 Å². The molecule has 0 aliphatic heterocycles. The van der Waals surface area contributed by atoms with Gasteiger partial charge in [-0.15, -0.1) is 0 Å². The predicted octanol–water partition coefficient (Wildman–Crippen LogP) is 16.8. The maximum Gasteiger partial charge on any atom is 0.136 e. The van der Waals surface area contributed by atoms with Crippen molar-refractivity contribution in [1.82, 2.24) is 0 Å². The van der Waals surface area contributed by atoms with Crippen LogP contribution in [0.5, 0.6) is 0 Å². The molecular weight excluding hydrogens is 727 g/mol. The fourth-order valence-corrected chi connectivity index (χ4v) is 9.11. The van der Waals surface area contributed by atoms with Crippen LogP contribution in [-0.2, 0) is 0 Å². The molecule has 0 aliphatic rings. The fourth-order valence-electron chi connectivity index (χ4n) is 9.11. The molecule has 0 atom stereocenters. The Morgan fingerprint density at radius 3 is 1.65 bits per heavy atom. The maximum absolute atomic E-state index is 6.35. The van der Waals surface area contributed by atoms with Crippen molar-refractivity contribution in [2.45, 2.75) is 0 Å². The predicted molar refractivity (Wildman–Crippen MR) is 257 cm³/mol. The molecule has 0 fully saturated rings. The summed E-state index contributed by atoms with van der Waals surface area (Å²) in [5.74, 6) is 0. The van der Waals surface area contributed by atoms with Crippen LogP contribution in [0, 0.1) is 0 Å². The molecule has 282 valence electrons. The molecule has 0 unspecified atom stereocenters. The Hall–Kier alpha value is -7.94. The van der Waals surface area contributed by atoms with Gasteiger partial charge in [0.1, 0.15) is 11.2 Å². The number of rotatable bonds is 8. The number of furan rings is 1. The molecule has 0 aliphatic carbocycles. The lowest BCUT2D eigenvalue weighted by atomic mass is 9.88. The average Bonchev–Trinajstić information content (AvgIpc) is 3.71. The first-order valence-corrected chi connectivity index (χ1v) is 20.4. The van der Waals surface area contributed by atoms with E-state index in [0.29, 0.717) is 0 Å². The van der Waals surface area contributed by atoms with Gasteiger partial charge in [0, 0.05) is 33.2 Å². The lowest BCUT2D eigenvalue weighted by Gasteiger charge is -2.27. The normalized spacial score (nSPS) is 11.5. The molecule has 0 spiro atoms. The Morgan fingerprint density at radius 1 is 0.333 bits per heavy atom. The first-order valence-electron chi connectivity index (χ1n) is 20.4. The van der Waals surface area contributed by atoms with Gasteiger partial charge in [-0.05, 0) is 138 Å². The molecule has 1 heterocycles. The second-order valence-electron chi connectivity index (χ2n) is 15.4. The molecule has 0 amide bonds. The average molecular weight is 766 g/mol. The van der Waals surface area contributed by atoms with Gasteiger partial charge in [0.25, 0.3) is 0 Å². The highest BCUT2D eigenvalue weighted by molar-refractivity contribution is 6.27. The summed E-state index contributed by atoms with van der Waals surface area (Å²) in [5.41, 5.74) is 14.1. The molecule has 0 N–H and O–H groups in total. The Bertz CT molecular complexity index is 3390. The molecule has 0 bridgehead atoms. The van der Waals surface area contributed by atoms with E-state index >= 15 is 0 Å². The quantitative estimate of drug-likeness (QED) is 0.143. The van der Waals surface area contributed by atoms with E-state index in [-0.39, 0.29) is 0 Å². The van der Waals surface area contributed by atoms with Gasteiger partial charge in [0.05, 0.1) is 0 Å². The molecule has 1 aromatic heterocycles. The van der Waals surface area contributed by atoms with Crippen molar-refractivity contribution in [1.29, 1.82) is 0 Å². The largest absolute Gasteiger partial charge is 0.456 e. The number of nitrogens with zero attached hydrogens (tertiary/aromatic N) is 1. The number of hydrogen-bond acceptors (Lipinski definition) is 2. The van der Waals surface area contributed by atoms with Crippen LogP contribution in [0.15, 0.2) is 218 Å². The zero-order valence-electron chi connectivity index (χ0n) is 33.0. The van der Waals surface area contributed by atoms with E-state index in [1.165, 1.54) is 27.3 Å². The van der Waals surface area contributed by atoms with Gasteiger partial charge < -0.3 is 9.32 Å². The summed E-state index contributed by atoms with van der Waals surface area (Å²) in [6.45, 7) is 8.54. The molecule has 11 rings (SSSR count). The van der Waals surface area contributed by atoms with Crippen LogP contribution in [0.2, 0.25) is 0 Å². The number of anilines is 3. The minimum atomic E-state index is 0.870. The molecule has 0 radical (unpaired) electrons. The Kier molecular flexibility index (Phi) is 8.49. The second-order valence-corrected chi connectivity index (χ2v) is 15.4. The molecule has 0 saturated carbocycles. The highest BCUT2D eigenvalue weighted by Crippen LogP contribution is 2.44. The van der Waals surface area contributed by atoms with Crippen LogP contribution in [0.4, 0.5) is 17.1 Å². The van der Waals surface area contributed by atoms with Crippen LogP contribution in [0.3, 0.4) is 0 Å². The van der Waals surface area contributed by atoms with E-state index in [1.807, 2.05) is 24.3 Å². The van der Waals surface area contributed by atoms with Gasteiger partial charge in [-0.2, -0.15) is 0 Å². The summed E-state index contributed by atoms with van der Waals surface area (Å²) in [4.78, 5) is 2.39. The van der Waals surface area contributed by atoms with Gasteiger partial charge in [-0.3, -0.25) is 0 Å². The summed E-state index contributed by atoms with van der Waals surface area (Å²) < 4.78 is 6.35. The highest BCUT2D eigenvalue weighted by Gasteiger charge is 2.20. The van der Waals surface area contributed by atoms with Crippen LogP contribution in [0.1, 0.15) is 11.1 Å². The number of para-hydroxylation sites is 1. The standard InChI is InChI=1S/C58H39NO/c1-3-49-50(4-2)57-52(31-32-56-58(57)53-21-13-14-22-55(53)60-56)54-37-43(26-30-51(49)54)41-23-27-46(28-24-41)59(47-29-25-40-19-11-12-20-42(40)34-47)48-35-44(38-15-7-5-8-16-38)33-45(36-48)39-17-9-6-10-18-39/h3-37H,1-2H2. The highest BCUT2D eigenvalue weighted by atomic mass is 16.3. The molecule has 11 aromatic rings. The second kappa shape index (κ2) is 14.5. The van der Waals surface area contributed by atoms with Crippen molar-refractivity contribution in [2.75, 3.05) is 4.90 Å².